The molecule has 4 aromatic carbocycles. The normalized spacial score (nSPS) is 10.8. The maximum atomic E-state index is 5.36. The molecule has 0 aliphatic heterocycles. The first-order valence-corrected chi connectivity index (χ1v) is 12.7. The first-order valence-electron chi connectivity index (χ1n) is 12.7. The molecule has 0 heterocycles. The third kappa shape index (κ3) is 6.47. The SMILES string of the molecule is CCc1ccc(N(/N=C/C=C(c2ccc(OC)cc2)c2ccc(OC)cc2)c2ccc(CC)cc2)cc1. The van der Waals surface area contributed by atoms with Crippen LogP contribution in [0.5, 0.6) is 11.5 Å². The van der Waals surface area contributed by atoms with E-state index in [1.807, 2.05) is 35.5 Å². The van der Waals surface area contributed by atoms with Gasteiger partial charge in [0, 0.05) is 6.21 Å². The number of allylic oxidation sites excluding steroid dienone is 1. The number of benzene rings is 4. The van der Waals surface area contributed by atoms with Crippen LogP contribution in [-0.2, 0) is 12.8 Å². The summed E-state index contributed by atoms with van der Waals surface area (Å²) < 4.78 is 10.7. The molecule has 4 nitrogen and oxygen atoms in total. The molecule has 4 aromatic rings. The predicted octanol–water partition coefficient (Wildman–Crippen LogP) is 8.08. The number of ether oxygens (including phenoxy) is 2. The zero-order valence-corrected chi connectivity index (χ0v) is 22.0. The van der Waals surface area contributed by atoms with E-state index >= 15 is 0 Å². The molecule has 0 aliphatic carbocycles. The van der Waals surface area contributed by atoms with E-state index in [-0.39, 0.29) is 0 Å². The van der Waals surface area contributed by atoms with Crippen molar-refractivity contribution >= 4 is 23.2 Å². The molecule has 0 N–H and O–H groups in total. The molecule has 0 spiro atoms. The van der Waals surface area contributed by atoms with Gasteiger partial charge < -0.3 is 9.47 Å². The average Bonchev–Trinajstić information content (AvgIpc) is 2.98. The summed E-state index contributed by atoms with van der Waals surface area (Å²) in [5, 5.41) is 6.90. The van der Waals surface area contributed by atoms with Crippen molar-refractivity contribution in [3.63, 3.8) is 0 Å². The fourth-order valence-corrected chi connectivity index (χ4v) is 4.10. The smallest absolute Gasteiger partial charge is 0.118 e. The van der Waals surface area contributed by atoms with Crippen LogP contribution in [0.1, 0.15) is 36.1 Å². The highest BCUT2D eigenvalue weighted by Crippen LogP contribution is 2.29. The van der Waals surface area contributed by atoms with Gasteiger partial charge in [-0.05, 0) is 95.3 Å². The van der Waals surface area contributed by atoms with Crippen molar-refractivity contribution in [2.75, 3.05) is 19.2 Å². The number of hydrazone groups is 1. The molecule has 0 radical (unpaired) electrons. The standard InChI is InChI=1S/C33H34N2O2/c1-5-25-7-15-29(16-8-25)35(30-17-9-26(6-2)10-18-30)34-24-23-33(27-11-19-31(36-3)20-12-27)28-13-21-32(37-4)22-14-28/h7-24H,5-6H2,1-4H3/b34-24+. The summed E-state index contributed by atoms with van der Waals surface area (Å²) in [4.78, 5) is 0. The highest BCUT2D eigenvalue weighted by Gasteiger charge is 2.09. The zero-order valence-electron chi connectivity index (χ0n) is 22.0. The molecular formula is C33H34N2O2. The van der Waals surface area contributed by atoms with Crippen molar-refractivity contribution in [3.8, 4) is 11.5 Å². The zero-order chi connectivity index (χ0) is 26.0. The number of anilines is 2. The van der Waals surface area contributed by atoms with Gasteiger partial charge in [0.1, 0.15) is 11.5 Å². The quantitative estimate of drug-likeness (QED) is 0.166. The van der Waals surface area contributed by atoms with Gasteiger partial charge in [-0.15, -0.1) is 0 Å². The number of methoxy groups -OCH3 is 2. The van der Waals surface area contributed by atoms with Gasteiger partial charge in [0.15, 0.2) is 0 Å². The molecule has 0 saturated heterocycles. The average molecular weight is 491 g/mol. The molecule has 0 unspecified atom stereocenters. The van der Waals surface area contributed by atoms with E-state index in [1.54, 1.807) is 14.2 Å². The van der Waals surface area contributed by atoms with Crippen LogP contribution in [0.4, 0.5) is 11.4 Å². The monoisotopic (exact) mass is 490 g/mol. The van der Waals surface area contributed by atoms with Gasteiger partial charge in [0.25, 0.3) is 0 Å². The van der Waals surface area contributed by atoms with E-state index in [4.69, 9.17) is 14.6 Å². The second-order valence-corrected chi connectivity index (χ2v) is 8.65. The van der Waals surface area contributed by atoms with Crippen molar-refractivity contribution in [1.29, 1.82) is 0 Å². The first kappa shape index (κ1) is 25.8. The Labute approximate surface area is 220 Å². The van der Waals surface area contributed by atoms with E-state index in [9.17, 15) is 0 Å². The minimum atomic E-state index is 0.823. The lowest BCUT2D eigenvalue weighted by Gasteiger charge is -2.20. The summed E-state index contributed by atoms with van der Waals surface area (Å²) in [6.45, 7) is 4.33. The van der Waals surface area contributed by atoms with Gasteiger partial charge in [-0.25, -0.2) is 5.01 Å². The van der Waals surface area contributed by atoms with Gasteiger partial charge in [-0.1, -0.05) is 62.4 Å². The van der Waals surface area contributed by atoms with Crippen molar-refractivity contribution in [2.45, 2.75) is 26.7 Å². The van der Waals surface area contributed by atoms with Gasteiger partial charge in [0.05, 0.1) is 25.6 Å². The molecule has 0 fully saturated rings. The second-order valence-electron chi connectivity index (χ2n) is 8.65. The largest absolute Gasteiger partial charge is 0.497 e. The number of aryl methyl sites for hydroxylation is 2. The molecule has 0 saturated carbocycles. The van der Waals surface area contributed by atoms with Crippen molar-refractivity contribution in [2.24, 2.45) is 5.10 Å². The highest BCUT2D eigenvalue weighted by atomic mass is 16.5. The molecule has 0 bridgehead atoms. The van der Waals surface area contributed by atoms with Crippen LogP contribution < -0.4 is 14.5 Å². The molecular weight excluding hydrogens is 456 g/mol. The Balaban J connectivity index is 1.74. The Bertz CT molecular complexity index is 1220. The molecule has 0 atom stereocenters. The van der Waals surface area contributed by atoms with E-state index in [1.165, 1.54) is 11.1 Å². The highest BCUT2D eigenvalue weighted by molar-refractivity contribution is 5.92. The Morgan fingerprint density at radius 1 is 0.622 bits per heavy atom. The van der Waals surface area contributed by atoms with Gasteiger partial charge >= 0.3 is 0 Å². The summed E-state index contributed by atoms with van der Waals surface area (Å²) in [5.41, 5.74) is 7.83. The molecule has 4 rings (SSSR count). The Morgan fingerprint density at radius 3 is 1.38 bits per heavy atom. The third-order valence-electron chi connectivity index (χ3n) is 6.40. The van der Waals surface area contributed by atoms with Crippen LogP contribution in [-0.4, -0.2) is 20.4 Å². The third-order valence-corrected chi connectivity index (χ3v) is 6.40. The lowest BCUT2D eigenvalue weighted by molar-refractivity contribution is 0.414. The van der Waals surface area contributed by atoms with E-state index < -0.39 is 0 Å². The van der Waals surface area contributed by atoms with Gasteiger partial charge in [0.2, 0.25) is 0 Å². The predicted molar refractivity (Wildman–Crippen MR) is 155 cm³/mol. The fraction of sp³-hybridized carbons (Fsp3) is 0.182. The molecule has 188 valence electrons. The number of hydrogen-bond donors (Lipinski definition) is 0. The number of hydrogen-bond acceptors (Lipinski definition) is 4. The fourth-order valence-electron chi connectivity index (χ4n) is 4.10. The van der Waals surface area contributed by atoms with Crippen LogP contribution in [0, 0.1) is 0 Å². The van der Waals surface area contributed by atoms with Crippen LogP contribution in [0.2, 0.25) is 0 Å². The van der Waals surface area contributed by atoms with Gasteiger partial charge in [-0.2, -0.15) is 5.10 Å². The van der Waals surface area contributed by atoms with E-state index in [2.05, 4.69) is 92.7 Å². The Morgan fingerprint density at radius 2 is 1.03 bits per heavy atom. The topological polar surface area (TPSA) is 34.1 Å². The Kier molecular flexibility index (Phi) is 8.77. The minimum absolute atomic E-state index is 0.823. The molecule has 4 heteroatoms. The second kappa shape index (κ2) is 12.6. The maximum Gasteiger partial charge on any atom is 0.118 e. The van der Waals surface area contributed by atoms with E-state index in [0.29, 0.717) is 0 Å². The van der Waals surface area contributed by atoms with E-state index in [0.717, 1.165) is 52.4 Å². The summed E-state index contributed by atoms with van der Waals surface area (Å²) in [6.07, 6.45) is 5.93. The lowest BCUT2D eigenvalue weighted by atomic mass is 9.97. The maximum absolute atomic E-state index is 5.36. The van der Waals surface area contributed by atoms with Crippen LogP contribution in [0.15, 0.2) is 108 Å². The van der Waals surface area contributed by atoms with Crippen molar-refractivity contribution in [1.82, 2.24) is 0 Å². The molecule has 0 amide bonds. The van der Waals surface area contributed by atoms with Crippen LogP contribution in [0.25, 0.3) is 5.57 Å². The molecule has 0 aromatic heterocycles. The first-order chi connectivity index (χ1) is 18.1. The summed E-state index contributed by atoms with van der Waals surface area (Å²) >= 11 is 0. The molecule has 37 heavy (non-hydrogen) atoms. The van der Waals surface area contributed by atoms with Crippen molar-refractivity contribution in [3.05, 3.63) is 125 Å². The summed E-state index contributed by atoms with van der Waals surface area (Å²) in [7, 11) is 3.35. The van der Waals surface area contributed by atoms with Crippen LogP contribution >= 0.6 is 0 Å². The Hall–Kier alpha value is -4.31. The summed E-state index contributed by atoms with van der Waals surface area (Å²) in [5.74, 6) is 1.65. The van der Waals surface area contributed by atoms with Crippen molar-refractivity contribution < 1.29 is 9.47 Å². The minimum Gasteiger partial charge on any atom is -0.497 e. The lowest BCUT2D eigenvalue weighted by Crippen LogP contribution is -2.09. The number of nitrogens with zero attached hydrogens (tertiary/aromatic N) is 2. The number of rotatable bonds is 10. The summed E-state index contributed by atoms with van der Waals surface area (Å²) in [6, 6.07) is 33.3. The molecule has 0 aliphatic rings. The van der Waals surface area contributed by atoms with Crippen LogP contribution in [0.3, 0.4) is 0 Å². The van der Waals surface area contributed by atoms with Gasteiger partial charge in [-0.3, -0.25) is 0 Å².